The zero-order chi connectivity index (χ0) is 10.4. The fourth-order valence-corrected chi connectivity index (χ4v) is 2.92. The summed E-state index contributed by atoms with van der Waals surface area (Å²) in [6.07, 6.45) is 2.55. The van der Waals surface area contributed by atoms with E-state index < -0.39 is 0 Å². The molecule has 3 nitrogen and oxygen atoms in total. The molecule has 1 saturated heterocycles. The standard InChI is InChI=1S/C10H23N3S/c1-11-6-9-14(3)12-10-4-7-13(2)8-5-10/h10-12H,3-9H2,1-2H3. The average Bonchev–Trinajstić information content (AvgIpc) is 2.18. The Kier molecular flexibility index (Phi) is 5.70. The van der Waals surface area contributed by atoms with Crippen LogP contribution in [0, 0.1) is 0 Å². The van der Waals surface area contributed by atoms with E-state index in [2.05, 4.69) is 27.9 Å². The molecule has 0 aromatic rings. The Morgan fingerprint density at radius 1 is 1.43 bits per heavy atom. The van der Waals surface area contributed by atoms with Crippen molar-refractivity contribution in [2.45, 2.75) is 18.9 Å². The van der Waals surface area contributed by atoms with Crippen molar-refractivity contribution in [1.82, 2.24) is 14.9 Å². The van der Waals surface area contributed by atoms with Crippen LogP contribution in [-0.2, 0) is 0 Å². The lowest BCUT2D eigenvalue weighted by atomic mass is 10.1. The van der Waals surface area contributed by atoms with Crippen molar-refractivity contribution in [2.75, 3.05) is 39.5 Å². The number of likely N-dealkylation sites (tertiary alicyclic amines) is 1. The fraction of sp³-hybridized carbons (Fsp3) is 0.900. The largest absolute Gasteiger partial charge is 0.319 e. The normalized spacial score (nSPS) is 22.4. The molecule has 14 heavy (non-hydrogen) atoms. The van der Waals surface area contributed by atoms with Crippen molar-refractivity contribution in [3.05, 3.63) is 0 Å². The lowest BCUT2D eigenvalue weighted by Crippen LogP contribution is -2.39. The highest BCUT2D eigenvalue weighted by Gasteiger charge is 2.16. The van der Waals surface area contributed by atoms with Crippen LogP contribution in [0.1, 0.15) is 12.8 Å². The molecule has 0 aromatic carbocycles. The molecule has 1 aliphatic heterocycles. The van der Waals surface area contributed by atoms with Crippen molar-refractivity contribution in [1.29, 1.82) is 0 Å². The molecule has 1 atom stereocenters. The maximum absolute atomic E-state index is 4.15. The quantitative estimate of drug-likeness (QED) is 0.657. The van der Waals surface area contributed by atoms with Gasteiger partial charge in [0.1, 0.15) is 0 Å². The molecule has 0 spiro atoms. The molecule has 0 bridgehead atoms. The maximum atomic E-state index is 4.15. The van der Waals surface area contributed by atoms with Crippen molar-refractivity contribution in [3.8, 4) is 0 Å². The van der Waals surface area contributed by atoms with Gasteiger partial charge in [0.2, 0.25) is 0 Å². The number of hydrogen-bond acceptors (Lipinski definition) is 3. The first-order valence-electron chi connectivity index (χ1n) is 5.32. The molecule has 1 fully saturated rings. The van der Waals surface area contributed by atoms with Crippen LogP contribution in [0.4, 0.5) is 0 Å². The van der Waals surface area contributed by atoms with E-state index in [1.807, 2.05) is 7.05 Å². The van der Waals surface area contributed by atoms with Gasteiger partial charge in [0, 0.05) is 18.3 Å². The average molecular weight is 217 g/mol. The Bertz CT molecular complexity index is 176. The topological polar surface area (TPSA) is 27.3 Å². The molecule has 0 aliphatic carbocycles. The Balaban J connectivity index is 2.14. The summed E-state index contributed by atoms with van der Waals surface area (Å²) < 4.78 is 3.62. The Hall–Kier alpha value is 0.1000. The maximum Gasteiger partial charge on any atom is 0.0191 e. The van der Waals surface area contributed by atoms with Gasteiger partial charge in [-0.25, -0.2) is 0 Å². The monoisotopic (exact) mass is 217 g/mol. The summed E-state index contributed by atoms with van der Waals surface area (Å²) in [6, 6.07) is 0.698. The molecule has 0 aromatic heterocycles. The van der Waals surface area contributed by atoms with Crippen LogP contribution in [0.15, 0.2) is 0 Å². The first-order valence-corrected chi connectivity index (χ1v) is 6.88. The number of piperidine rings is 1. The van der Waals surface area contributed by atoms with Gasteiger partial charge >= 0.3 is 0 Å². The van der Waals surface area contributed by atoms with E-state index in [9.17, 15) is 0 Å². The van der Waals surface area contributed by atoms with Crippen LogP contribution < -0.4 is 10.0 Å². The summed E-state index contributed by atoms with van der Waals surface area (Å²) in [5.41, 5.74) is 0. The third-order valence-electron chi connectivity index (χ3n) is 2.65. The summed E-state index contributed by atoms with van der Waals surface area (Å²) in [4.78, 5) is 2.40. The molecular formula is C10H23N3S. The number of nitrogens with zero attached hydrogens (tertiary/aromatic N) is 1. The molecule has 1 rings (SSSR count). The molecule has 0 saturated carbocycles. The van der Waals surface area contributed by atoms with Crippen LogP contribution in [-0.4, -0.2) is 56.3 Å². The first kappa shape index (κ1) is 12.2. The molecule has 4 heteroatoms. The third-order valence-corrected chi connectivity index (χ3v) is 4.01. The summed E-state index contributed by atoms with van der Waals surface area (Å²) in [5.74, 6) is 5.29. The van der Waals surface area contributed by atoms with E-state index in [4.69, 9.17) is 0 Å². The molecule has 0 amide bonds. The van der Waals surface area contributed by atoms with Crippen molar-refractivity contribution in [3.63, 3.8) is 0 Å². The highest BCUT2D eigenvalue weighted by molar-refractivity contribution is 8.12. The first-order chi connectivity index (χ1) is 6.72. The number of nitrogens with one attached hydrogen (secondary N) is 2. The predicted octanol–water partition coefficient (Wildman–Crippen LogP) is 0.506. The number of hydrogen-bond donors (Lipinski definition) is 2. The van der Waals surface area contributed by atoms with Gasteiger partial charge in [-0.1, -0.05) is 5.87 Å². The summed E-state index contributed by atoms with van der Waals surface area (Å²) in [7, 11) is 4.33. The molecule has 84 valence electrons. The van der Waals surface area contributed by atoms with Gasteiger partial charge in [-0.15, -0.1) is 10.7 Å². The van der Waals surface area contributed by atoms with E-state index >= 15 is 0 Å². The van der Waals surface area contributed by atoms with Gasteiger partial charge in [0.25, 0.3) is 0 Å². The van der Waals surface area contributed by atoms with Gasteiger partial charge in [0.15, 0.2) is 0 Å². The van der Waals surface area contributed by atoms with Crippen LogP contribution in [0.25, 0.3) is 0 Å². The minimum absolute atomic E-state index is 0.140. The van der Waals surface area contributed by atoms with Gasteiger partial charge in [-0.05, 0) is 40.0 Å². The second-order valence-corrected chi connectivity index (χ2v) is 5.63. The molecular weight excluding hydrogens is 194 g/mol. The predicted molar refractivity (Wildman–Crippen MR) is 67.2 cm³/mol. The Morgan fingerprint density at radius 2 is 2.07 bits per heavy atom. The third kappa shape index (κ3) is 4.55. The van der Waals surface area contributed by atoms with Crippen LogP contribution in [0.3, 0.4) is 0 Å². The van der Waals surface area contributed by atoms with Crippen molar-refractivity contribution in [2.24, 2.45) is 0 Å². The van der Waals surface area contributed by atoms with Crippen LogP contribution in [0.5, 0.6) is 0 Å². The van der Waals surface area contributed by atoms with Gasteiger partial charge < -0.3 is 10.2 Å². The number of rotatable bonds is 5. The van der Waals surface area contributed by atoms with Crippen molar-refractivity contribution < 1.29 is 0 Å². The minimum atomic E-state index is 0.140. The SMILES string of the molecule is C=S(CCNC)NC1CCN(C)CC1. The van der Waals surface area contributed by atoms with Gasteiger partial charge in [-0.3, -0.25) is 4.72 Å². The lowest BCUT2D eigenvalue weighted by Gasteiger charge is -2.30. The summed E-state index contributed by atoms with van der Waals surface area (Å²) >= 11 is 0. The second kappa shape index (κ2) is 6.56. The zero-order valence-electron chi connectivity index (χ0n) is 9.38. The molecule has 2 N–H and O–H groups in total. The molecule has 1 unspecified atom stereocenters. The Labute approximate surface area is 90.3 Å². The fourth-order valence-electron chi connectivity index (χ4n) is 1.65. The lowest BCUT2D eigenvalue weighted by molar-refractivity contribution is 0.250. The molecule has 1 heterocycles. The second-order valence-electron chi connectivity index (χ2n) is 4.00. The van der Waals surface area contributed by atoms with E-state index in [0.29, 0.717) is 6.04 Å². The minimum Gasteiger partial charge on any atom is -0.319 e. The van der Waals surface area contributed by atoms with Crippen molar-refractivity contribution >= 4 is 16.5 Å². The van der Waals surface area contributed by atoms with E-state index in [1.165, 1.54) is 25.9 Å². The summed E-state index contributed by atoms with van der Waals surface area (Å²) in [6.45, 7) is 3.51. The zero-order valence-corrected chi connectivity index (χ0v) is 10.2. The van der Waals surface area contributed by atoms with E-state index in [0.717, 1.165) is 12.3 Å². The van der Waals surface area contributed by atoms with E-state index in [-0.39, 0.29) is 10.7 Å². The van der Waals surface area contributed by atoms with Crippen LogP contribution in [0.2, 0.25) is 0 Å². The highest BCUT2D eigenvalue weighted by Crippen LogP contribution is 2.13. The Morgan fingerprint density at radius 3 is 2.64 bits per heavy atom. The van der Waals surface area contributed by atoms with Gasteiger partial charge in [-0.2, -0.15) is 0 Å². The smallest absolute Gasteiger partial charge is 0.0191 e. The van der Waals surface area contributed by atoms with E-state index in [1.54, 1.807) is 0 Å². The highest BCUT2D eigenvalue weighted by atomic mass is 32.2. The van der Waals surface area contributed by atoms with Gasteiger partial charge in [0.05, 0.1) is 0 Å². The summed E-state index contributed by atoms with van der Waals surface area (Å²) in [5, 5.41) is 3.16. The molecule has 0 radical (unpaired) electrons. The van der Waals surface area contributed by atoms with Crippen LogP contribution >= 0.6 is 10.7 Å². The molecule has 1 aliphatic rings.